The number of benzene rings is 1. The average Bonchev–Trinajstić information content (AvgIpc) is 2.59. The van der Waals surface area contributed by atoms with Crippen LogP contribution in [0.3, 0.4) is 0 Å². The highest BCUT2D eigenvalue weighted by Gasteiger charge is 2.11. The molecule has 1 aromatic heterocycles. The zero-order valence-corrected chi connectivity index (χ0v) is 15.4. The van der Waals surface area contributed by atoms with Crippen molar-refractivity contribution in [2.75, 3.05) is 13.4 Å². The number of hydrogen-bond donors (Lipinski definition) is 1. The Morgan fingerprint density at radius 3 is 2.50 bits per heavy atom. The van der Waals surface area contributed by atoms with Crippen LogP contribution in [0, 0.1) is 13.8 Å². The second-order valence-electron chi connectivity index (χ2n) is 5.45. The third-order valence-corrected chi connectivity index (χ3v) is 4.40. The van der Waals surface area contributed by atoms with E-state index in [9.17, 15) is 4.79 Å². The molecule has 0 atom stereocenters. The van der Waals surface area contributed by atoms with Crippen LogP contribution in [-0.4, -0.2) is 29.2 Å². The van der Waals surface area contributed by atoms with E-state index in [2.05, 4.69) is 15.3 Å². The molecule has 1 aromatic carbocycles. The third kappa shape index (κ3) is 4.71. The van der Waals surface area contributed by atoms with Crippen LogP contribution in [0.4, 0.5) is 0 Å². The number of aromatic nitrogens is 2. The van der Waals surface area contributed by atoms with Crippen molar-refractivity contribution >= 4 is 17.7 Å². The van der Waals surface area contributed by atoms with Crippen molar-refractivity contribution in [3.63, 3.8) is 0 Å². The van der Waals surface area contributed by atoms with E-state index in [0.717, 1.165) is 33.4 Å². The fourth-order valence-electron chi connectivity index (χ4n) is 2.53. The molecule has 2 rings (SSSR count). The molecule has 6 heteroatoms. The number of para-hydroxylation sites is 1. The number of hydrogen-bond acceptors (Lipinski definition) is 5. The second-order valence-corrected chi connectivity index (χ2v) is 6.22. The largest absolute Gasteiger partial charge is 0.496 e. The molecule has 0 spiro atoms. The van der Waals surface area contributed by atoms with Crippen LogP contribution in [0.15, 0.2) is 29.4 Å². The van der Waals surface area contributed by atoms with Gasteiger partial charge in [-0.3, -0.25) is 4.79 Å². The third-order valence-electron chi connectivity index (χ3n) is 3.85. The molecule has 0 fully saturated rings. The first-order valence-corrected chi connectivity index (χ1v) is 9.04. The first-order chi connectivity index (χ1) is 11.5. The number of carbonyl (C=O) groups excluding carboxylic acids is 1. The molecule has 0 aliphatic rings. The molecular formula is C18H23N3O2S. The van der Waals surface area contributed by atoms with Gasteiger partial charge in [0.05, 0.1) is 7.11 Å². The number of nitrogens with one attached hydrogen (secondary N) is 1. The van der Waals surface area contributed by atoms with Crippen molar-refractivity contribution < 1.29 is 9.53 Å². The van der Waals surface area contributed by atoms with Crippen molar-refractivity contribution in [1.29, 1.82) is 0 Å². The molecular weight excluding hydrogens is 322 g/mol. The summed E-state index contributed by atoms with van der Waals surface area (Å²) < 4.78 is 5.29. The SMILES string of the molecule is COc1ccccc1CNC(=O)CCc1c(C)nc(SC)nc1C. The molecule has 1 N–H and O–H groups in total. The summed E-state index contributed by atoms with van der Waals surface area (Å²) in [4.78, 5) is 21.0. The van der Waals surface area contributed by atoms with Gasteiger partial charge in [-0.25, -0.2) is 9.97 Å². The summed E-state index contributed by atoms with van der Waals surface area (Å²) in [5.41, 5.74) is 3.92. The lowest BCUT2D eigenvalue weighted by molar-refractivity contribution is -0.121. The zero-order valence-electron chi connectivity index (χ0n) is 14.5. The van der Waals surface area contributed by atoms with Gasteiger partial charge in [0.15, 0.2) is 5.16 Å². The van der Waals surface area contributed by atoms with Crippen LogP contribution in [0.2, 0.25) is 0 Å². The molecule has 0 radical (unpaired) electrons. The Labute approximate surface area is 147 Å². The van der Waals surface area contributed by atoms with Gasteiger partial charge in [-0.2, -0.15) is 0 Å². The summed E-state index contributed by atoms with van der Waals surface area (Å²) in [7, 11) is 1.63. The molecule has 0 bridgehead atoms. The van der Waals surface area contributed by atoms with Crippen molar-refractivity contribution in [2.24, 2.45) is 0 Å². The highest BCUT2D eigenvalue weighted by atomic mass is 32.2. The lowest BCUT2D eigenvalue weighted by Crippen LogP contribution is -2.23. The van der Waals surface area contributed by atoms with Gasteiger partial charge in [0.2, 0.25) is 5.91 Å². The molecule has 128 valence electrons. The average molecular weight is 345 g/mol. The molecule has 0 unspecified atom stereocenters. The number of rotatable bonds is 7. The summed E-state index contributed by atoms with van der Waals surface area (Å²) in [5, 5.41) is 3.71. The Morgan fingerprint density at radius 2 is 1.88 bits per heavy atom. The van der Waals surface area contributed by atoms with E-state index >= 15 is 0 Å². The predicted octanol–water partition coefficient (Wildman–Crippen LogP) is 3.07. The molecule has 1 heterocycles. The van der Waals surface area contributed by atoms with Crippen molar-refractivity contribution in [3.05, 3.63) is 46.8 Å². The molecule has 0 saturated heterocycles. The van der Waals surface area contributed by atoms with Crippen molar-refractivity contribution in [3.8, 4) is 5.75 Å². The van der Waals surface area contributed by atoms with Crippen LogP contribution in [0.5, 0.6) is 5.75 Å². The summed E-state index contributed by atoms with van der Waals surface area (Å²) in [6.45, 7) is 4.40. The van der Waals surface area contributed by atoms with Crippen LogP contribution in [0.25, 0.3) is 0 Å². The van der Waals surface area contributed by atoms with Crippen LogP contribution in [-0.2, 0) is 17.8 Å². The number of amides is 1. The Kier molecular flexibility index (Phi) is 6.61. The molecule has 0 aliphatic carbocycles. The lowest BCUT2D eigenvalue weighted by Gasteiger charge is -2.11. The smallest absolute Gasteiger partial charge is 0.220 e. The zero-order chi connectivity index (χ0) is 17.5. The number of ether oxygens (including phenoxy) is 1. The van der Waals surface area contributed by atoms with Gasteiger partial charge in [0.25, 0.3) is 0 Å². The number of aryl methyl sites for hydroxylation is 2. The molecule has 0 saturated carbocycles. The number of methoxy groups -OCH3 is 1. The number of nitrogens with zero attached hydrogens (tertiary/aromatic N) is 2. The summed E-state index contributed by atoms with van der Waals surface area (Å²) in [6, 6.07) is 7.68. The number of thioether (sulfide) groups is 1. The Bertz CT molecular complexity index is 696. The Balaban J connectivity index is 1.92. The highest BCUT2D eigenvalue weighted by Crippen LogP contribution is 2.18. The monoisotopic (exact) mass is 345 g/mol. The maximum atomic E-state index is 12.1. The summed E-state index contributed by atoms with van der Waals surface area (Å²) in [5.74, 6) is 0.791. The minimum absolute atomic E-state index is 0.00801. The lowest BCUT2D eigenvalue weighted by atomic mass is 10.1. The van der Waals surface area contributed by atoms with Crippen LogP contribution < -0.4 is 10.1 Å². The minimum Gasteiger partial charge on any atom is -0.496 e. The van der Waals surface area contributed by atoms with Gasteiger partial charge in [0.1, 0.15) is 5.75 Å². The van der Waals surface area contributed by atoms with Gasteiger partial charge in [0, 0.05) is 29.9 Å². The van der Waals surface area contributed by atoms with E-state index in [-0.39, 0.29) is 5.91 Å². The Hall–Kier alpha value is -2.08. The molecule has 1 amide bonds. The summed E-state index contributed by atoms with van der Waals surface area (Å²) >= 11 is 1.53. The van der Waals surface area contributed by atoms with Crippen LogP contribution >= 0.6 is 11.8 Å². The van der Waals surface area contributed by atoms with Crippen molar-refractivity contribution in [1.82, 2.24) is 15.3 Å². The first-order valence-electron chi connectivity index (χ1n) is 7.81. The van der Waals surface area contributed by atoms with E-state index in [4.69, 9.17) is 4.74 Å². The van der Waals surface area contributed by atoms with Gasteiger partial charge in [-0.05, 0) is 38.2 Å². The van der Waals surface area contributed by atoms with E-state index in [1.165, 1.54) is 11.8 Å². The molecule has 0 aliphatic heterocycles. The van der Waals surface area contributed by atoms with Gasteiger partial charge in [-0.15, -0.1) is 0 Å². The van der Waals surface area contributed by atoms with E-state index < -0.39 is 0 Å². The highest BCUT2D eigenvalue weighted by molar-refractivity contribution is 7.98. The second kappa shape index (κ2) is 8.68. The maximum Gasteiger partial charge on any atom is 0.220 e. The van der Waals surface area contributed by atoms with Gasteiger partial charge < -0.3 is 10.1 Å². The van der Waals surface area contributed by atoms with Gasteiger partial charge >= 0.3 is 0 Å². The van der Waals surface area contributed by atoms with E-state index in [1.54, 1.807) is 7.11 Å². The quantitative estimate of drug-likeness (QED) is 0.617. The maximum absolute atomic E-state index is 12.1. The summed E-state index contributed by atoms with van der Waals surface area (Å²) in [6.07, 6.45) is 3.02. The fraction of sp³-hybridized carbons (Fsp3) is 0.389. The van der Waals surface area contributed by atoms with Crippen LogP contribution in [0.1, 0.15) is 28.9 Å². The van der Waals surface area contributed by atoms with Crippen molar-refractivity contribution in [2.45, 2.75) is 38.4 Å². The van der Waals surface area contributed by atoms with Gasteiger partial charge in [-0.1, -0.05) is 30.0 Å². The molecule has 2 aromatic rings. The standard InChI is InChI=1S/C18H23N3O2S/c1-12-15(13(2)21-18(20-12)24-4)9-10-17(22)19-11-14-7-5-6-8-16(14)23-3/h5-8H,9-11H2,1-4H3,(H,19,22). The predicted molar refractivity (Wildman–Crippen MR) is 96.4 cm³/mol. The first kappa shape index (κ1) is 18.3. The number of carbonyl (C=O) groups is 1. The topological polar surface area (TPSA) is 64.1 Å². The van der Waals surface area contributed by atoms with E-state index in [1.807, 2.05) is 44.4 Å². The molecule has 24 heavy (non-hydrogen) atoms. The fourth-order valence-corrected chi connectivity index (χ4v) is 2.99. The molecule has 5 nitrogen and oxygen atoms in total. The Morgan fingerprint density at radius 1 is 1.21 bits per heavy atom. The normalized spacial score (nSPS) is 10.5. The van der Waals surface area contributed by atoms with E-state index in [0.29, 0.717) is 19.4 Å². The minimum atomic E-state index is 0.00801.